The first-order valence-corrected chi connectivity index (χ1v) is 6.16. The van der Waals surface area contributed by atoms with Crippen molar-refractivity contribution in [2.24, 2.45) is 5.92 Å². The van der Waals surface area contributed by atoms with E-state index in [0.717, 1.165) is 25.7 Å². The topological polar surface area (TPSA) is 50.4 Å². The van der Waals surface area contributed by atoms with Crippen molar-refractivity contribution in [3.8, 4) is 0 Å². The van der Waals surface area contributed by atoms with Gasteiger partial charge in [-0.15, -0.1) is 0 Å². The van der Waals surface area contributed by atoms with E-state index < -0.39 is 18.7 Å². The summed E-state index contributed by atoms with van der Waals surface area (Å²) in [5.74, 6) is -0.219. The van der Waals surface area contributed by atoms with E-state index in [2.05, 4.69) is 10.2 Å². The lowest BCUT2D eigenvalue weighted by Gasteiger charge is -2.28. The number of halogens is 3. The predicted molar refractivity (Wildman–Crippen MR) is 57.4 cm³/mol. The third-order valence-electron chi connectivity index (χ3n) is 3.47. The van der Waals surface area contributed by atoms with Crippen LogP contribution in [0.25, 0.3) is 0 Å². The van der Waals surface area contributed by atoms with Crippen molar-refractivity contribution in [3.05, 3.63) is 0 Å². The van der Waals surface area contributed by atoms with Crippen molar-refractivity contribution >= 4 is 5.91 Å². The molecule has 0 aromatic rings. The number of rotatable bonds is 4. The largest absolute Gasteiger partial charge is 0.414 e. The van der Waals surface area contributed by atoms with Crippen LogP contribution in [0.2, 0.25) is 0 Å². The van der Waals surface area contributed by atoms with Crippen molar-refractivity contribution in [2.75, 3.05) is 6.61 Å². The minimum atomic E-state index is -4.42. The van der Waals surface area contributed by atoms with Crippen LogP contribution >= 0.6 is 0 Å². The smallest absolute Gasteiger partial charge is 0.311 e. The molecular weight excluding hydrogens is 249 g/mol. The van der Waals surface area contributed by atoms with Gasteiger partial charge in [0.1, 0.15) is 0 Å². The van der Waals surface area contributed by atoms with Crippen molar-refractivity contribution in [2.45, 2.75) is 50.4 Å². The summed E-state index contributed by atoms with van der Waals surface area (Å²) < 4.78 is 35.4. The Labute approximate surface area is 103 Å². The number of piperidine rings is 1. The summed E-state index contributed by atoms with van der Waals surface area (Å²) in [5.41, 5.74) is 1.86. The molecule has 0 radical (unpaired) electrons. The van der Waals surface area contributed by atoms with Gasteiger partial charge in [0.25, 0.3) is 0 Å². The first-order valence-electron chi connectivity index (χ1n) is 6.16. The summed E-state index contributed by atoms with van der Waals surface area (Å²) in [6.45, 7) is -1.45. The van der Waals surface area contributed by atoms with Crippen molar-refractivity contribution < 1.29 is 22.8 Å². The molecule has 2 rings (SSSR count). The average molecular weight is 266 g/mol. The Morgan fingerprint density at radius 1 is 1.28 bits per heavy atom. The molecule has 2 N–H and O–H groups in total. The summed E-state index contributed by atoms with van der Waals surface area (Å²) in [5, 5.41) is 3.44. The second-order valence-electron chi connectivity index (χ2n) is 5.11. The molecule has 104 valence electrons. The summed E-state index contributed by atoms with van der Waals surface area (Å²) in [4.78, 5) is 15.5. The van der Waals surface area contributed by atoms with E-state index in [4.69, 9.17) is 0 Å². The number of alkyl halides is 3. The van der Waals surface area contributed by atoms with Crippen LogP contribution in [0.15, 0.2) is 0 Å². The fraction of sp³-hybridized carbons (Fsp3) is 0.909. The van der Waals surface area contributed by atoms with E-state index in [-0.39, 0.29) is 12.3 Å². The minimum Gasteiger partial charge on any atom is -0.311 e. The maximum absolute atomic E-state index is 11.8. The van der Waals surface area contributed by atoms with E-state index in [9.17, 15) is 18.0 Å². The molecule has 2 heterocycles. The number of carbonyl (C=O) groups is 1. The first-order chi connectivity index (χ1) is 8.42. The van der Waals surface area contributed by atoms with Gasteiger partial charge in [0, 0.05) is 18.5 Å². The van der Waals surface area contributed by atoms with Crippen LogP contribution in [0.5, 0.6) is 0 Å². The Bertz CT molecular complexity index is 297. The van der Waals surface area contributed by atoms with Gasteiger partial charge in [0.15, 0.2) is 6.61 Å². The Hall–Kier alpha value is -0.820. The fourth-order valence-corrected chi connectivity index (χ4v) is 2.84. The van der Waals surface area contributed by atoms with Crippen molar-refractivity contribution in [1.29, 1.82) is 0 Å². The van der Waals surface area contributed by atoms with Gasteiger partial charge in [0.05, 0.1) is 0 Å². The van der Waals surface area contributed by atoms with Gasteiger partial charge in [-0.05, 0) is 31.6 Å². The predicted octanol–water partition coefficient (Wildman–Crippen LogP) is 1.52. The highest BCUT2D eigenvalue weighted by atomic mass is 19.4. The molecule has 0 spiro atoms. The molecule has 0 aromatic heterocycles. The number of nitrogens with one attached hydrogen (secondary N) is 2. The maximum Gasteiger partial charge on any atom is 0.414 e. The van der Waals surface area contributed by atoms with Crippen molar-refractivity contribution in [1.82, 2.24) is 10.8 Å². The number of fused-ring (bicyclic) bond motifs is 2. The molecule has 2 atom stereocenters. The molecule has 1 amide bonds. The molecule has 0 aliphatic carbocycles. The molecule has 2 aliphatic heterocycles. The second-order valence-corrected chi connectivity index (χ2v) is 5.11. The molecule has 7 heteroatoms. The third-order valence-corrected chi connectivity index (χ3v) is 3.47. The third kappa shape index (κ3) is 4.13. The van der Waals surface area contributed by atoms with Crippen LogP contribution < -0.4 is 10.8 Å². The Balaban J connectivity index is 1.65. The van der Waals surface area contributed by atoms with Gasteiger partial charge < -0.3 is 5.32 Å². The van der Waals surface area contributed by atoms with Gasteiger partial charge in [-0.1, -0.05) is 0 Å². The second kappa shape index (κ2) is 5.44. The Morgan fingerprint density at radius 2 is 1.89 bits per heavy atom. The lowest BCUT2D eigenvalue weighted by molar-refractivity contribution is -0.192. The molecule has 2 bridgehead atoms. The number of amides is 1. The Morgan fingerprint density at radius 3 is 2.44 bits per heavy atom. The van der Waals surface area contributed by atoms with E-state index >= 15 is 0 Å². The van der Waals surface area contributed by atoms with E-state index in [1.807, 2.05) is 5.48 Å². The molecule has 2 fully saturated rings. The minimum absolute atomic E-state index is 0.243. The van der Waals surface area contributed by atoms with E-state index in [0.29, 0.717) is 12.1 Å². The van der Waals surface area contributed by atoms with Crippen LogP contribution in [0.3, 0.4) is 0 Å². The van der Waals surface area contributed by atoms with Crippen LogP contribution in [-0.4, -0.2) is 30.8 Å². The lowest BCUT2D eigenvalue weighted by atomic mass is 9.89. The molecule has 18 heavy (non-hydrogen) atoms. The molecular formula is C11H17F3N2O2. The van der Waals surface area contributed by atoms with Gasteiger partial charge in [-0.2, -0.15) is 13.2 Å². The standard InChI is InChI=1S/C11H17F3N2O2/c12-11(13,14)6-18-16-10(17)5-7-3-8-1-2-9(4-7)15-8/h7-9,15H,1-6H2,(H,16,17). The summed E-state index contributed by atoms with van der Waals surface area (Å²) in [7, 11) is 0. The summed E-state index contributed by atoms with van der Waals surface area (Å²) in [6, 6.07) is 0.940. The number of hydrogen-bond acceptors (Lipinski definition) is 3. The monoisotopic (exact) mass is 266 g/mol. The van der Waals surface area contributed by atoms with E-state index in [1.54, 1.807) is 0 Å². The van der Waals surface area contributed by atoms with Gasteiger partial charge in [-0.3, -0.25) is 9.63 Å². The highest BCUT2D eigenvalue weighted by Gasteiger charge is 2.34. The fourth-order valence-electron chi connectivity index (χ4n) is 2.84. The molecule has 0 aromatic carbocycles. The summed E-state index contributed by atoms with van der Waals surface area (Å²) in [6.07, 6.45) is -0.0687. The highest BCUT2D eigenvalue weighted by molar-refractivity contribution is 5.75. The molecule has 2 saturated heterocycles. The quantitative estimate of drug-likeness (QED) is 0.758. The van der Waals surface area contributed by atoms with Crippen LogP contribution in [0.1, 0.15) is 32.1 Å². The average Bonchev–Trinajstić information content (AvgIpc) is 2.56. The van der Waals surface area contributed by atoms with Crippen LogP contribution in [-0.2, 0) is 9.63 Å². The van der Waals surface area contributed by atoms with Gasteiger partial charge in [0.2, 0.25) is 5.91 Å². The number of hydroxylamine groups is 1. The first kappa shape index (κ1) is 13.6. The maximum atomic E-state index is 11.8. The SMILES string of the molecule is O=C(CC1CC2CCC(C1)N2)NOCC(F)(F)F. The van der Waals surface area contributed by atoms with Gasteiger partial charge >= 0.3 is 6.18 Å². The van der Waals surface area contributed by atoms with Crippen LogP contribution in [0, 0.1) is 5.92 Å². The zero-order valence-electron chi connectivity index (χ0n) is 9.93. The molecule has 2 unspecified atom stereocenters. The molecule has 4 nitrogen and oxygen atoms in total. The van der Waals surface area contributed by atoms with Gasteiger partial charge in [-0.25, -0.2) is 5.48 Å². The zero-order chi connectivity index (χ0) is 13.2. The molecule has 2 aliphatic rings. The van der Waals surface area contributed by atoms with E-state index in [1.165, 1.54) is 0 Å². The van der Waals surface area contributed by atoms with Crippen molar-refractivity contribution in [3.63, 3.8) is 0 Å². The summed E-state index contributed by atoms with van der Waals surface area (Å²) >= 11 is 0. The van der Waals surface area contributed by atoms with Crippen LogP contribution in [0.4, 0.5) is 13.2 Å². The number of carbonyl (C=O) groups excluding carboxylic acids is 1. The normalized spacial score (nSPS) is 31.4. The lowest BCUT2D eigenvalue weighted by Crippen LogP contribution is -2.40. The highest BCUT2D eigenvalue weighted by Crippen LogP contribution is 2.32. The Kier molecular flexibility index (Phi) is 4.11. The zero-order valence-corrected chi connectivity index (χ0v) is 9.93. The number of hydrogen-bond donors (Lipinski definition) is 2. The molecule has 0 saturated carbocycles.